The Bertz CT molecular complexity index is 512. The minimum Gasteiger partial charge on any atom is -0.355 e. The lowest BCUT2D eigenvalue weighted by molar-refractivity contribution is 0.344. The van der Waals surface area contributed by atoms with Crippen molar-refractivity contribution < 1.29 is 4.84 Å². The summed E-state index contributed by atoms with van der Waals surface area (Å²) in [4.78, 5) is 5.37. The van der Waals surface area contributed by atoms with Crippen LogP contribution in [0.15, 0.2) is 29.4 Å². The molecule has 2 rings (SSSR count). The van der Waals surface area contributed by atoms with Gasteiger partial charge in [-0.2, -0.15) is 0 Å². The van der Waals surface area contributed by atoms with Crippen molar-refractivity contribution in [2.24, 2.45) is 12.2 Å². The normalized spacial score (nSPS) is 11.4. The second-order valence-electron chi connectivity index (χ2n) is 3.45. The molecule has 15 heavy (non-hydrogen) atoms. The lowest BCUT2D eigenvalue weighted by atomic mass is 10.2. The first-order valence-corrected chi connectivity index (χ1v) is 4.94. The molecule has 2 aromatic rings. The van der Waals surface area contributed by atoms with Crippen LogP contribution in [-0.4, -0.2) is 10.8 Å². The average molecular weight is 202 g/mol. The van der Waals surface area contributed by atoms with Gasteiger partial charge in [-0.05, 0) is 26.0 Å². The van der Waals surface area contributed by atoms with E-state index in [2.05, 4.69) is 15.8 Å². The van der Waals surface area contributed by atoms with Crippen molar-refractivity contribution in [2.75, 3.05) is 0 Å². The third-order valence-corrected chi connectivity index (χ3v) is 2.59. The predicted octanol–water partition coefficient (Wildman–Crippen LogP) is 2.87. The molecule has 0 saturated carbocycles. The van der Waals surface area contributed by atoms with E-state index < -0.39 is 0 Å². The molecule has 1 aromatic carbocycles. The maximum Gasteiger partial charge on any atom is 0.186 e. The molecule has 0 bridgehead atoms. The summed E-state index contributed by atoms with van der Waals surface area (Å²) in [6, 6.07) is 8.15. The van der Waals surface area contributed by atoms with Crippen LogP contribution in [0.4, 0.5) is 0 Å². The van der Waals surface area contributed by atoms with E-state index in [4.69, 9.17) is 4.84 Å². The Morgan fingerprint density at radius 2 is 2.07 bits per heavy atom. The van der Waals surface area contributed by atoms with E-state index >= 15 is 0 Å². The Morgan fingerprint density at radius 1 is 1.33 bits per heavy atom. The fraction of sp³-hybridized carbons (Fsp3) is 0.250. The van der Waals surface area contributed by atoms with Crippen molar-refractivity contribution in [1.82, 2.24) is 4.57 Å². The fourth-order valence-corrected chi connectivity index (χ4v) is 1.71. The molecule has 0 atom stereocenters. The van der Waals surface area contributed by atoms with Crippen molar-refractivity contribution >= 4 is 17.1 Å². The molecule has 0 unspecified atom stereocenters. The van der Waals surface area contributed by atoms with Crippen molar-refractivity contribution in [3.05, 3.63) is 30.0 Å². The van der Waals surface area contributed by atoms with E-state index in [9.17, 15) is 0 Å². The van der Waals surface area contributed by atoms with Crippen molar-refractivity contribution in [3.8, 4) is 5.75 Å². The van der Waals surface area contributed by atoms with Crippen molar-refractivity contribution in [3.63, 3.8) is 0 Å². The minimum absolute atomic E-state index is 0.839. The zero-order chi connectivity index (χ0) is 10.8. The van der Waals surface area contributed by atoms with Crippen LogP contribution in [0.1, 0.15) is 12.6 Å². The van der Waals surface area contributed by atoms with Gasteiger partial charge in [0.1, 0.15) is 0 Å². The zero-order valence-corrected chi connectivity index (χ0v) is 9.19. The van der Waals surface area contributed by atoms with Gasteiger partial charge in [0, 0.05) is 18.6 Å². The number of hydrogen-bond donors (Lipinski definition) is 0. The Balaban J connectivity index is 2.66. The minimum atomic E-state index is 0.839. The SMILES string of the molecule is C/C=N/Oc1c(C)n(C)c2ccccc12. The van der Waals surface area contributed by atoms with Gasteiger partial charge in [-0.15, -0.1) is 0 Å². The summed E-state index contributed by atoms with van der Waals surface area (Å²) >= 11 is 0. The fourth-order valence-electron chi connectivity index (χ4n) is 1.71. The molecule has 0 aliphatic rings. The summed E-state index contributed by atoms with van der Waals surface area (Å²) in [5.41, 5.74) is 2.25. The van der Waals surface area contributed by atoms with Crippen LogP contribution in [0.3, 0.4) is 0 Å². The summed E-state index contributed by atoms with van der Waals surface area (Å²) in [6.07, 6.45) is 1.64. The quantitative estimate of drug-likeness (QED) is 0.543. The summed E-state index contributed by atoms with van der Waals surface area (Å²) in [5.74, 6) is 0.839. The van der Waals surface area contributed by atoms with Gasteiger partial charge in [0.2, 0.25) is 0 Å². The third-order valence-electron chi connectivity index (χ3n) is 2.59. The molecule has 3 nitrogen and oxygen atoms in total. The van der Waals surface area contributed by atoms with Crippen LogP contribution in [0.25, 0.3) is 10.9 Å². The molecule has 1 aromatic heterocycles. The van der Waals surface area contributed by atoms with Gasteiger partial charge in [-0.25, -0.2) is 0 Å². The Hall–Kier alpha value is -1.77. The monoisotopic (exact) mass is 202 g/mol. The zero-order valence-electron chi connectivity index (χ0n) is 9.19. The highest BCUT2D eigenvalue weighted by Gasteiger charge is 2.12. The molecule has 0 N–H and O–H groups in total. The number of hydrogen-bond acceptors (Lipinski definition) is 2. The summed E-state index contributed by atoms with van der Waals surface area (Å²) in [6.45, 7) is 3.86. The van der Waals surface area contributed by atoms with Crippen LogP contribution in [0, 0.1) is 6.92 Å². The van der Waals surface area contributed by atoms with Gasteiger partial charge in [-0.3, -0.25) is 0 Å². The number of para-hydroxylation sites is 1. The van der Waals surface area contributed by atoms with Crippen LogP contribution >= 0.6 is 0 Å². The standard InChI is InChI=1S/C12H14N2O/c1-4-13-15-12-9(2)14(3)11-8-6-5-7-10(11)12/h4-8H,1-3H3/b13-4+. The van der Waals surface area contributed by atoms with Gasteiger partial charge in [0.25, 0.3) is 0 Å². The first-order valence-electron chi connectivity index (χ1n) is 4.94. The second kappa shape index (κ2) is 3.77. The molecular formula is C12H14N2O. The maximum absolute atomic E-state index is 5.37. The Morgan fingerprint density at radius 3 is 2.80 bits per heavy atom. The molecule has 0 aliphatic carbocycles. The number of fused-ring (bicyclic) bond motifs is 1. The molecule has 0 radical (unpaired) electrons. The highest BCUT2D eigenvalue weighted by molar-refractivity contribution is 5.88. The predicted molar refractivity (Wildman–Crippen MR) is 62.5 cm³/mol. The molecule has 3 heteroatoms. The highest BCUT2D eigenvalue weighted by atomic mass is 16.6. The summed E-state index contributed by atoms with van der Waals surface area (Å²) in [7, 11) is 2.03. The van der Waals surface area contributed by atoms with E-state index in [0.29, 0.717) is 0 Å². The average Bonchev–Trinajstić information content (AvgIpc) is 2.51. The van der Waals surface area contributed by atoms with Crippen molar-refractivity contribution in [1.29, 1.82) is 0 Å². The molecule has 1 heterocycles. The summed E-state index contributed by atoms with van der Waals surface area (Å²) in [5, 5.41) is 4.93. The van der Waals surface area contributed by atoms with Gasteiger partial charge in [-0.1, -0.05) is 17.3 Å². The van der Waals surface area contributed by atoms with E-state index in [0.717, 1.165) is 22.3 Å². The van der Waals surface area contributed by atoms with E-state index in [1.54, 1.807) is 6.21 Å². The van der Waals surface area contributed by atoms with E-state index in [1.165, 1.54) is 0 Å². The molecular weight excluding hydrogens is 188 g/mol. The number of aryl methyl sites for hydroxylation is 1. The van der Waals surface area contributed by atoms with Crippen LogP contribution in [0.5, 0.6) is 5.75 Å². The number of aromatic nitrogens is 1. The Labute approximate surface area is 89.0 Å². The largest absolute Gasteiger partial charge is 0.355 e. The number of benzene rings is 1. The second-order valence-corrected chi connectivity index (χ2v) is 3.45. The first-order chi connectivity index (χ1) is 7.25. The van der Waals surface area contributed by atoms with Gasteiger partial charge in [0.05, 0.1) is 11.2 Å². The van der Waals surface area contributed by atoms with Gasteiger partial charge < -0.3 is 9.40 Å². The molecule has 0 aliphatic heterocycles. The van der Waals surface area contributed by atoms with Gasteiger partial charge >= 0.3 is 0 Å². The number of rotatable bonds is 2. The van der Waals surface area contributed by atoms with Gasteiger partial charge in [0.15, 0.2) is 5.75 Å². The summed E-state index contributed by atoms with van der Waals surface area (Å²) < 4.78 is 2.11. The Kier molecular flexibility index (Phi) is 2.46. The van der Waals surface area contributed by atoms with Crippen molar-refractivity contribution in [2.45, 2.75) is 13.8 Å². The molecule has 0 fully saturated rings. The third kappa shape index (κ3) is 1.50. The molecule has 0 saturated heterocycles. The van der Waals surface area contributed by atoms with E-state index in [-0.39, 0.29) is 0 Å². The first kappa shape index (κ1) is 9.77. The highest BCUT2D eigenvalue weighted by Crippen LogP contribution is 2.31. The lowest BCUT2D eigenvalue weighted by Gasteiger charge is -1.98. The van der Waals surface area contributed by atoms with Crippen LogP contribution < -0.4 is 4.84 Å². The number of oxime groups is 1. The topological polar surface area (TPSA) is 26.5 Å². The number of nitrogens with zero attached hydrogens (tertiary/aromatic N) is 2. The maximum atomic E-state index is 5.37. The molecule has 0 spiro atoms. The van der Waals surface area contributed by atoms with Crippen LogP contribution in [-0.2, 0) is 7.05 Å². The van der Waals surface area contributed by atoms with E-state index in [1.807, 2.05) is 39.1 Å². The smallest absolute Gasteiger partial charge is 0.186 e. The van der Waals surface area contributed by atoms with Crippen LogP contribution in [0.2, 0.25) is 0 Å². The lowest BCUT2D eigenvalue weighted by Crippen LogP contribution is -1.91. The molecule has 0 amide bonds. The molecule has 78 valence electrons.